The third kappa shape index (κ3) is 2.34. The lowest BCUT2D eigenvalue weighted by atomic mass is 9.87. The number of nitrogens with one attached hydrogen (secondary N) is 1. The van der Waals surface area contributed by atoms with Crippen LogP contribution in [0.5, 0.6) is 0 Å². The van der Waals surface area contributed by atoms with Crippen molar-refractivity contribution in [3.05, 3.63) is 35.6 Å². The van der Waals surface area contributed by atoms with Crippen molar-refractivity contribution in [1.82, 2.24) is 5.32 Å². The molecule has 1 nitrogen and oxygen atoms in total. The van der Waals surface area contributed by atoms with Gasteiger partial charge in [0.2, 0.25) is 0 Å². The van der Waals surface area contributed by atoms with E-state index in [1.54, 1.807) is 0 Å². The smallest absolute Gasteiger partial charge is 0.0369 e. The molecule has 1 heteroatoms. The molecule has 0 aromatic rings. The predicted octanol–water partition coefficient (Wildman–Crippen LogP) is 3.56. The van der Waals surface area contributed by atoms with Gasteiger partial charge in [0.15, 0.2) is 0 Å². The zero-order valence-corrected chi connectivity index (χ0v) is 9.84. The Bertz CT molecular complexity index is 294. The summed E-state index contributed by atoms with van der Waals surface area (Å²) in [6.45, 7) is 5.67. The lowest BCUT2D eigenvalue weighted by Crippen LogP contribution is -2.12. The van der Waals surface area contributed by atoms with Gasteiger partial charge in [0.1, 0.15) is 0 Å². The summed E-state index contributed by atoms with van der Waals surface area (Å²) in [6, 6.07) is 0. The zero-order valence-electron chi connectivity index (χ0n) is 9.84. The Morgan fingerprint density at radius 2 is 2.07 bits per heavy atom. The van der Waals surface area contributed by atoms with Crippen LogP contribution in [-0.2, 0) is 0 Å². The molecule has 0 saturated heterocycles. The topological polar surface area (TPSA) is 12.0 Å². The molecule has 1 aliphatic carbocycles. The molecule has 0 amide bonds. The molecule has 0 radical (unpaired) electrons. The van der Waals surface area contributed by atoms with Crippen molar-refractivity contribution in [2.75, 3.05) is 6.54 Å². The average molecular weight is 203 g/mol. The van der Waals surface area contributed by atoms with Gasteiger partial charge in [0.25, 0.3) is 0 Å². The zero-order chi connectivity index (χ0) is 10.7. The van der Waals surface area contributed by atoms with E-state index in [2.05, 4.69) is 43.5 Å². The minimum absolute atomic E-state index is 0.244. The van der Waals surface area contributed by atoms with Gasteiger partial charge < -0.3 is 5.32 Å². The maximum Gasteiger partial charge on any atom is 0.0369 e. The number of allylic oxidation sites excluding steroid dienone is 5. The first kappa shape index (κ1) is 10.5. The van der Waals surface area contributed by atoms with Crippen molar-refractivity contribution >= 4 is 0 Å². The molecule has 2 rings (SSSR count). The van der Waals surface area contributed by atoms with Crippen LogP contribution in [0, 0.1) is 5.41 Å². The van der Waals surface area contributed by atoms with Crippen molar-refractivity contribution < 1.29 is 0 Å². The Hall–Kier alpha value is -0.980. The van der Waals surface area contributed by atoms with E-state index >= 15 is 0 Å². The Morgan fingerprint density at radius 3 is 2.87 bits per heavy atom. The molecule has 0 aromatic carbocycles. The lowest BCUT2D eigenvalue weighted by molar-refractivity contribution is 0.530. The highest BCUT2D eigenvalue weighted by Gasteiger charge is 2.18. The number of hydrogen-bond acceptors (Lipinski definition) is 1. The van der Waals surface area contributed by atoms with E-state index in [1.165, 1.54) is 37.0 Å². The normalized spacial score (nSPS) is 30.5. The Balaban J connectivity index is 2.26. The molecule has 0 fully saturated rings. The molecule has 1 unspecified atom stereocenters. The molecule has 0 bridgehead atoms. The summed E-state index contributed by atoms with van der Waals surface area (Å²) in [6.07, 6.45) is 14.3. The Labute approximate surface area is 93.0 Å². The van der Waals surface area contributed by atoms with Crippen LogP contribution >= 0.6 is 0 Å². The second-order valence-corrected chi connectivity index (χ2v) is 4.85. The van der Waals surface area contributed by atoms with Crippen LogP contribution in [0.1, 0.15) is 39.5 Å². The molecule has 0 aromatic heterocycles. The monoisotopic (exact) mass is 203 g/mol. The first-order valence-electron chi connectivity index (χ1n) is 6.09. The standard InChI is InChI=1S/C14H21N/c1-3-14(2)9-7-12-6-4-5-11-15-13(12)8-10-14/h7-10,15H,3-6,11H2,1-2H3. The number of rotatable bonds is 1. The second-order valence-electron chi connectivity index (χ2n) is 4.85. The molecule has 1 aliphatic heterocycles. The minimum Gasteiger partial charge on any atom is -0.385 e. The molecule has 0 saturated carbocycles. The van der Waals surface area contributed by atoms with Gasteiger partial charge in [0, 0.05) is 17.7 Å². The maximum atomic E-state index is 3.53. The largest absolute Gasteiger partial charge is 0.385 e. The Morgan fingerprint density at radius 1 is 1.27 bits per heavy atom. The summed E-state index contributed by atoms with van der Waals surface area (Å²) in [5.41, 5.74) is 3.08. The summed E-state index contributed by atoms with van der Waals surface area (Å²) in [5.74, 6) is 0. The van der Waals surface area contributed by atoms with Gasteiger partial charge in [0.05, 0.1) is 0 Å². The molecule has 15 heavy (non-hydrogen) atoms. The SMILES string of the molecule is CCC1(C)C=CC2=C(C=C1)NCCCC2. The molecular formula is C14H21N. The van der Waals surface area contributed by atoms with Gasteiger partial charge in [-0.3, -0.25) is 0 Å². The summed E-state index contributed by atoms with van der Waals surface area (Å²) < 4.78 is 0. The van der Waals surface area contributed by atoms with Gasteiger partial charge in [-0.15, -0.1) is 0 Å². The molecule has 82 valence electrons. The van der Waals surface area contributed by atoms with Crippen LogP contribution in [0.3, 0.4) is 0 Å². The van der Waals surface area contributed by atoms with Gasteiger partial charge >= 0.3 is 0 Å². The Kier molecular flexibility index (Phi) is 2.99. The molecular weight excluding hydrogens is 182 g/mol. The lowest BCUT2D eigenvalue weighted by Gasteiger charge is -2.18. The first-order chi connectivity index (χ1) is 7.23. The van der Waals surface area contributed by atoms with E-state index in [0.29, 0.717) is 0 Å². The van der Waals surface area contributed by atoms with Crippen LogP contribution in [-0.4, -0.2) is 6.54 Å². The third-order valence-electron chi connectivity index (χ3n) is 3.59. The van der Waals surface area contributed by atoms with Gasteiger partial charge in [-0.05, 0) is 37.3 Å². The van der Waals surface area contributed by atoms with E-state index < -0.39 is 0 Å². The van der Waals surface area contributed by atoms with Crippen molar-refractivity contribution in [2.45, 2.75) is 39.5 Å². The molecule has 1 heterocycles. The van der Waals surface area contributed by atoms with Crippen LogP contribution in [0.2, 0.25) is 0 Å². The van der Waals surface area contributed by atoms with E-state index in [9.17, 15) is 0 Å². The molecule has 1 atom stereocenters. The average Bonchev–Trinajstić information content (AvgIpc) is 2.55. The van der Waals surface area contributed by atoms with Crippen molar-refractivity contribution in [2.24, 2.45) is 5.41 Å². The van der Waals surface area contributed by atoms with Crippen molar-refractivity contribution in [1.29, 1.82) is 0 Å². The highest BCUT2D eigenvalue weighted by molar-refractivity contribution is 5.38. The summed E-state index contributed by atoms with van der Waals surface area (Å²) in [5, 5.41) is 3.53. The molecule has 0 spiro atoms. The predicted molar refractivity (Wildman–Crippen MR) is 65.6 cm³/mol. The van der Waals surface area contributed by atoms with E-state index in [4.69, 9.17) is 0 Å². The van der Waals surface area contributed by atoms with Crippen molar-refractivity contribution in [3.8, 4) is 0 Å². The maximum absolute atomic E-state index is 3.53. The molecule has 2 aliphatic rings. The fourth-order valence-electron chi connectivity index (χ4n) is 2.11. The van der Waals surface area contributed by atoms with E-state index in [0.717, 1.165) is 6.54 Å². The van der Waals surface area contributed by atoms with Crippen LogP contribution in [0.25, 0.3) is 0 Å². The summed E-state index contributed by atoms with van der Waals surface area (Å²) >= 11 is 0. The van der Waals surface area contributed by atoms with Gasteiger partial charge in [-0.1, -0.05) is 32.1 Å². The van der Waals surface area contributed by atoms with Gasteiger partial charge in [-0.2, -0.15) is 0 Å². The van der Waals surface area contributed by atoms with Crippen LogP contribution in [0.4, 0.5) is 0 Å². The first-order valence-corrected chi connectivity index (χ1v) is 6.09. The highest BCUT2D eigenvalue weighted by Crippen LogP contribution is 2.30. The third-order valence-corrected chi connectivity index (χ3v) is 3.59. The second kappa shape index (κ2) is 4.26. The summed E-state index contributed by atoms with van der Waals surface area (Å²) in [4.78, 5) is 0. The van der Waals surface area contributed by atoms with E-state index in [1.807, 2.05) is 0 Å². The fraction of sp³-hybridized carbons (Fsp3) is 0.571. The summed E-state index contributed by atoms with van der Waals surface area (Å²) in [7, 11) is 0. The fourth-order valence-corrected chi connectivity index (χ4v) is 2.11. The molecule has 1 N–H and O–H groups in total. The quantitative estimate of drug-likeness (QED) is 0.687. The van der Waals surface area contributed by atoms with Crippen molar-refractivity contribution in [3.63, 3.8) is 0 Å². The van der Waals surface area contributed by atoms with E-state index in [-0.39, 0.29) is 5.41 Å². The van der Waals surface area contributed by atoms with Crippen LogP contribution in [0.15, 0.2) is 35.6 Å². The van der Waals surface area contributed by atoms with Gasteiger partial charge in [-0.25, -0.2) is 0 Å². The highest BCUT2D eigenvalue weighted by atomic mass is 14.9. The van der Waals surface area contributed by atoms with Crippen LogP contribution < -0.4 is 5.32 Å². The number of hydrogen-bond donors (Lipinski definition) is 1. The minimum atomic E-state index is 0.244.